The molecule has 9 nitrogen and oxygen atoms in total. The molecule has 1 aromatic rings. The van der Waals surface area contributed by atoms with Crippen molar-refractivity contribution in [2.24, 2.45) is 5.73 Å². The first-order valence-electron chi connectivity index (χ1n) is 4.82. The number of carbonyl (C=O) groups is 2. The number of aromatic nitrogens is 1. The molecule has 0 aliphatic carbocycles. The van der Waals surface area contributed by atoms with E-state index in [2.05, 4.69) is 10.3 Å². The normalized spacial score (nSPS) is 9.78. The second-order valence-electron chi connectivity index (χ2n) is 3.27. The number of rotatable bonds is 6. The van der Waals surface area contributed by atoms with Gasteiger partial charge in [0, 0.05) is 19.0 Å². The van der Waals surface area contributed by atoms with E-state index in [1.165, 1.54) is 0 Å². The van der Waals surface area contributed by atoms with Gasteiger partial charge >= 0.3 is 11.7 Å². The smallest absolute Gasteiger partial charge is 0.354 e. The average molecular weight is 254 g/mol. The number of anilines is 1. The Balaban J connectivity index is 2.96. The van der Waals surface area contributed by atoms with Crippen LogP contribution in [0.1, 0.15) is 16.9 Å². The summed E-state index contributed by atoms with van der Waals surface area (Å²) >= 11 is 0. The number of nitrogens with one attached hydrogen (secondary N) is 1. The third-order valence-corrected chi connectivity index (χ3v) is 1.95. The Bertz CT molecular complexity index is 502. The molecule has 0 atom stereocenters. The molecule has 0 spiro atoms. The van der Waals surface area contributed by atoms with Gasteiger partial charge in [-0.2, -0.15) is 0 Å². The highest BCUT2D eigenvalue weighted by Gasteiger charge is 2.18. The van der Waals surface area contributed by atoms with Crippen LogP contribution in [0.5, 0.6) is 0 Å². The van der Waals surface area contributed by atoms with Crippen molar-refractivity contribution in [3.63, 3.8) is 0 Å². The number of pyridine rings is 1. The van der Waals surface area contributed by atoms with Gasteiger partial charge in [0.25, 0.3) is 0 Å². The van der Waals surface area contributed by atoms with Crippen LogP contribution < -0.4 is 11.1 Å². The number of aromatic carboxylic acids is 1. The summed E-state index contributed by atoms with van der Waals surface area (Å²) in [5, 5.41) is 21.9. The summed E-state index contributed by atoms with van der Waals surface area (Å²) in [6, 6.07) is 2.06. The Hall–Kier alpha value is -2.71. The van der Waals surface area contributed by atoms with E-state index in [1.54, 1.807) is 0 Å². The summed E-state index contributed by atoms with van der Waals surface area (Å²) in [4.78, 5) is 34.8. The van der Waals surface area contributed by atoms with Crippen LogP contribution in [0.15, 0.2) is 12.1 Å². The predicted octanol–water partition coefficient (Wildman–Crippen LogP) is -0.0247. The lowest BCUT2D eigenvalue weighted by Gasteiger charge is -2.05. The number of nitro groups is 1. The molecule has 1 heterocycles. The number of nitrogens with two attached hydrogens (primary N) is 1. The zero-order valence-electron chi connectivity index (χ0n) is 9.12. The highest BCUT2D eigenvalue weighted by atomic mass is 16.6. The van der Waals surface area contributed by atoms with Crippen molar-refractivity contribution in [1.82, 2.24) is 4.98 Å². The topological polar surface area (TPSA) is 148 Å². The van der Waals surface area contributed by atoms with E-state index < -0.39 is 16.8 Å². The van der Waals surface area contributed by atoms with Crippen LogP contribution in [0.25, 0.3) is 0 Å². The predicted molar refractivity (Wildman–Crippen MR) is 60.2 cm³/mol. The van der Waals surface area contributed by atoms with E-state index in [0.29, 0.717) is 0 Å². The SMILES string of the molecule is NC(=O)CCNc1nc(C(=O)O)ccc1[N+](=O)[O-]. The van der Waals surface area contributed by atoms with Crippen LogP contribution in [0.4, 0.5) is 11.5 Å². The Labute approximate surface area is 101 Å². The van der Waals surface area contributed by atoms with Crippen LogP contribution in [0.2, 0.25) is 0 Å². The van der Waals surface area contributed by atoms with E-state index in [1.807, 2.05) is 0 Å². The van der Waals surface area contributed by atoms with Gasteiger partial charge in [0.1, 0.15) is 0 Å². The minimum atomic E-state index is -1.30. The lowest BCUT2D eigenvalue weighted by atomic mass is 10.3. The molecule has 4 N–H and O–H groups in total. The number of carboxylic acids is 1. The largest absolute Gasteiger partial charge is 0.477 e. The van der Waals surface area contributed by atoms with Gasteiger partial charge in [-0.15, -0.1) is 0 Å². The van der Waals surface area contributed by atoms with Crippen molar-refractivity contribution in [1.29, 1.82) is 0 Å². The second-order valence-corrected chi connectivity index (χ2v) is 3.27. The highest BCUT2D eigenvalue weighted by molar-refractivity contribution is 5.86. The molecule has 9 heteroatoms. The van der Waals surface area contributed by atoms with Crippen molar-refractivity contribution in [3.8, 4) is 0 Å². The molecule has 1 aromatic heterocycles. The molecule has 0 aliphatic heterocycles. The standard InChI is InChI=1S/C9H10N4O5/c10-7(14)3-4-11-8-6(13(17)18)2-1-5(12-8)9(15)16/h1-2H,3-4H2,(H2,10,14)(H,11,12)(H,15,16). The Morgan fingerprint density at radius 2 is 2.17 bits per heavy atom. The molecule has 0 aliphatic rings. The van der Waals surface area contributed by atoms with Crippen LogP contribution in [-0.2, 0) is 4.79 Å². The van der Waals surface area contributed by atoms with Crippen molar-refractivity contribution in [2.75, 3.05) is 11.9 Å². The fourth-order valence-corrected chi connectivity index (χ4v) is 1.15. The molecule has 1 rings (SSSR count). The van der Waals surface area contributed by atoms with Crippen molar-refractivity contribution >= 4 is 23.4 Å². The lowest BCUT2D eigenvalue weighted by Crippen LogP contribution is -2.17. The molecule has 0 saturated carbocycles. The third kappa shape index (κ3) is 3.40. The average Bonchev–Trinajstić information content (AvgIpc) is 2.27. The van der Waals surface area contributed by atoms with E-state index in [-0.39, 0.29) is 30.2 Å². The number of hydrogen-bond donors (Lipinski definition) is 3. The first-order valence-corrected chi connectivity index (χ1v) is 4.82. The summed E-state index contributed by atoms with van der Waals surface area (Å²) < 4.78 is 0. The fourth-order valence-electron chi connectivity index (χ4n) is 1.15. The molecule has 1 amide bonds. The van der Waals surface area contributed by atoms with Gasteiger partial charge in [0.05, 0.1) is 4.92 Å². The maximum absolute atomic E-state index is 10.7. The van der Waals surface area contributed by atoms with E-state index >= 15 is 0 Å². The molecule has 96 valence electrons. The monoisotopic (exact) mass is 254 g/mol. The molecule has 0 unspecified atom stereocenters. The Morgan fingerprint density at radius 1 is 1.50 bits per heavy atom. The molecule has 0 saturated heterocycles. The maximum Gasteiger partial charge on any atom is 0.354 e. The number of nitrogens with zero attached hydrogens (tertiary/aromatic N) is 2. The fraction of sp³-hybridized carbons (Fsp3) is 0.222. The van der Waals surface area contributed by atoms with Gasteiger partial charge in [-0.3, -0.25) is 14.9 Å². The zero-order valence-corrected chi connectivity index (χ0v) is 9.12. The third-order valence-electron chi connectivity index (χ3n) is 1.95. The Kier molecular flexibility index (Phi) is 4.13. The summed E-state index contributed by atoms with van der Waals surface area (Å²) in [7, 11) is 0. The zero-order chi connectivity index (χ0) is 13.7. The maximum atomic E-state index is 10.7. The summed E-state index contributed by atoms with van der Waals surface area (Å²) in [6.45, 7) is 0.0340. The Morgan fingerprint density at radius 3 is 2.67 bits per heavy atom. The van der Waals surface area contributed by atoms with E-state index in [0.717, 1.165) is 12.1 Å². The minimum Gasteiger partial charge on any atom is -0.477 e. The summed E-state index contributed by atoms with van der Waals surface area (Å²) in [5.41, 5.74) is 4.20. The number of amides is 1. The van der Waals surface area contributed by atoms with Crippen LogP contribution in [0.3, 0.4) is 0 Å². The van der Waals surface area contributed by atoms with Gasteiger partial charge in [-0.05, 0) is 6.07 Å². The first-order chi connectivity index (χ1) is 8.41. The molecular weight excluding hydrogens is 244 g/mol. The molecule has 18 heavy (non-hydrogen) atoms. The molecule has 0 bridgehead atoms. The molecule has 0 fully saturated rings. The van der Waals surface area contributed by atoms with Crippen molar-refractivity contribution in [3.05, 3.63) is 27.9 Å². The van der Waals surface area contributed by atoms with Crippen molar-refractivity contribution in [2.45, 2.75) is 6.42 Å². The molecule has 0 aromatic carbocycles. The van der Waals surface area contributed by atoms with Gasteiger partial charge < -0.3 is 16.2 Å². The minimum absolute atomic E-state index is 0.0340. The van der Waals surface area contributed by atoms with Crippen LogP contribution in [0, 0.1) is 10.1 Å². The number of carboxylic acid groups (broad SMARTS) is 1. The lowest BCUT2D eigenvalue weighted by molar-refractivity contribution is -0.384. The summed E-state index contributed by atoms with van der Waals surface area (Å²) in [5.74, 6) is -2.09. The van der Waals surface area contributed by atoms with Crippen molar-refractivity contribution < 1.29 is 19.6 Å². The van der Waals surface area contributed by atoms with Gasteiger partial charge in [-0.25, -0.2) is 9.78 Å². The second kappa shape index (κ2) is 5.57. The van der Waals surface area contributed by atoms with Gasteiger partial charge in [-0.1, -0.05) is 0 Å². The first kappa shape index (κ1) is 13.4. The molecular formula is C9H10N4O5. The van der Waals surface area contributed by atoms with E-state index in [9.17, 15) is 19.7 Å². The van der Waals surface area contributed by atoms with Crippen LogP contribution in [-0.4, -0.2) is 33.4 Å². The van der Waals surface area contributed by atoms with Crippen LogP contribution >= 0.6 is 0 Å². The molecule has 0 radical (unpaired) electrons. The van der Waals surface area contributed by atoms with Gasteiger partial charge in [0.2, 0.25) is 11.7 Å². The summed E-state index contributed by atoms with van der Waals surface area (Å²) in [6.07, 6.45) is -0.0455. The van der Waals surface area contributed by atoms with E-state index in [4.69, 9.17) is 10.8 Å². The quantitative estimate of drug-likeness (QED) is 0.476. The number of carbonyl (C=O) groups excluding carboxylic acids is 1. The van der Waals surface area contributed by atoms with Gasteiger partial charge in [0.15, 0.2) is 5.69 Å². The number of hydrogen-bond acceptors (Lipinski definition) is 6. The number of primary amides is 1. The highest BCUT2D eigenvalue weighted by Crippen LogP contribution is 2.21.